The van der Waals surface area contributed by atoms with Gasteiger partial charge in [0, 0.05) is 36.8 Å². The van der Waals surface area contributed by atoms with Crippen molar-refractivity contribution in [1.82, 2.24) is 19.7 Å². The maximum atomic E-state index is 13.5. The summed E-state index contributed by atoms with van der Waals surface area (Å²) in [6, 6.07) is 7.82. The van der Waals surface area contributed by atoms with Crippen LogP contribution in [0, 0.1) is 0 Å². The number of carbonyl (C=O) groups is 1. The molecule has 30 heavy (non-hydrogen) atoms. The molecule has 7 nitrogen and oxygen atoms in total. The summed E-state index contributed by atoms with van der Waals surface area (Å²) in [5.74, 6) is 1.68. The highest BCUT2D eigenvalue weighted by atomic mass is 16.5. The Kier molecular flexibility index (Phi) is 5.37. The van der Waals surface area contributed by atoms with E-state index in [4.69, 9.17) is 14.5 Å². The number of nitrogens with zero attached hydrogens (tertiary/aromatic N) is 4. The van der Waals surface area contributed by atoms with E-state index >= 15 is 0 Å². The number of ether oxygens (including phenoxy) is 2. The average molecular weight is 409 g/mol. The lowest BCUT2D eigenvalue weighted by Gasteiger charge is -2.20. The number of fused-ring (bicyclic) bond motifs is 1. The van der Waals surface area contributed by atoms with Crippen molar-refractivity contribution < 1.29 is 14.3 Å². The molecule has 0 atom stereocenters. The predicted molar refractivity (Wildman–Crippen MR) is 115 cm³/mol. The van der Waals surface area contributed by atoms with Gasteiger partial charge in [-0.2, -0.15) is 5.10 Å². The van der Waals surface area contributed by atoms with Crippen LogP contribution in [0.5, 0.6) is 11.5 Å². The highest BCUT2D eigenvalue weighted by Gasteiger charge is 2.29. The number of methoxy groups -OCH3 is 2. The van der Waals surface area contributed by atoms with Crippen LogP contribution in [0.2, 0.25) is 0 Å². The first-order valence-electron chi connectivity index (χ1n) is 10.3. The minimum Gasteiger partial charge on any atom is -0.493 e. The molecule has 0 bridgehead atoms. The van der Waals surface area contributed by atoms with Crippen LogP contribution in [0.25, 0.3) is 11.0 Å². The zero-order chi connectivity index (χ0) is 21.4. The number of carbonyl (C=O) groups excluding carboxylic acids is 1. The summed E-state index contributed by atoms with van der Waals surface area (Å²) < 4.78 is 12.8. The smallest absolute Gasteiger partial charge is 0.254 e. The largest absolute Gasteiger partial charge is 0.493 e. The van der Waals surface area contributed by atoms with Gasteiger partial charge in [0.2, 0.25) is 0 Å². The van der Waals surface area contributed by atoms with E-state index in [0.717, 1.165) is 35.1 Å². The molecule has 1 amide bonds. The molecule has 1 aliphatic rings. The molecule has 3 aromatic rings. The quantitative estimate of drug-likeness (QED) is 0.587. The Morgan fingerprint density at radius 3 is 2.67 bits per heavy atom. The summed E-state index contributed by atoms with van der Waals surface area (Å²) >= 11 is 0. The predicted octanol–water partition coefficient (Wildman–Crippen LogP) is 4.18. The minimum absolute atomic E-state index is 0.0579. The van der Waals surface area contributed by atoms with Gasteiger partial charge in [-0.05, 0) is 38.8 Å². The zero-order valence-corrected chi connectivity index (χ0v) is 18.2. The lowest BCUT2D eigenvalue weighted by molar-refractivity contribution is 0.0785. The lowest BCUT2D eigenvalue weighted by atomic mass is 10.1. The van der Waals surface area contributed by atoms with Crippen LogP contribution in [0.3, 0.4) is 0 Å². The molecule has 0 saturated heterocycles. The van der Waals surface area contributed by atoms with Crippen molar-refractivity contribution in [3.8, 4) is 11.5 Å². The summed E-state index contributed by atoms with van der Waals surface area (Å²) in [5.41, 5.74) is 3.31. The highest BCUT2D eigenvalue weighted by Crippen LogP contribution is 2.40. The van der Waals surface area contributed by atoms with Crippen LogP contribution in [0.1, 0.15) is 60.3 Å². The van der Waals surface area contributed by atoms with Crippen LogP contribution in [0.15, 0.2) is 30.5 Å². The van der Waals surface area contributed by atoms with Gasteiger partial charge < -0.3 is 14.4 Å². The first-order valence-corrected chi connectivity index (χ1v) is 10.3. The average Bonchev–Trinajstić information content (AvgIpc) is 3.50. The highest BCUT2D eigenvalue weighted by molar-refractivity contribution is 6.05. The SMILES string of the molecule is COc1cccc(CN(C)C(=O)c2cc(C3CC3)nc3c2cnn3C(C)C)c1OC. The second-order valence-corrected chi connectivity index (χ2v) is 8.10. The van der Waals surface area contributed by atoms with Gasteiger partial charge in [-0.15, -0.1) is 0 Å². The van der Waals surface area contributed by atoms with Crippen LogP contribution in [-0.2, 0) is 6.54 Å². The molecular formula is C23H28N4O3. The van der Waals surface area contributed by atoms with Gasteiger partial charge in [0.1, 0.15) is 0 Å². The molecule has 4 rings (SSSR count). The molecule has 1 aliphatic carbocycles. The van der Waals surface area contributed by atoms with E-state index in [1.54, 1.807) is 32.4 Å². The van der Waals surface area contributed by atoms with Crippen molar-refractivity contribution in [3.05, 3.63) is 47.3 Å². The summed E-state index contributed by atoms with van der Waals surface area (Å²) in [6.07, 6.45) is 4.00. The summed E-state index contributed by atoms with van der Waals surface area (Å²) in [6.45, 7) is 4.54. The van der Waals surface area contributed by atoms with Crippen molar-refractivity contribution in [1.29, 1.82) is 0 Å². The van der Waals surface area contributed by atoms with Crippen molar-refractivity contribution in [3.63, 3.8) is 0 Å². The van der Waals surface area contributed by atoms with E-state index in [-0.39, 0.29) is 11.9 Å². The first kappa shape index (κ1) is 20.2. The summed E-state index contributed by atoms with van der Waals surface area (Å²) in [5, 5.41) is 5.29. The third-order valence-corrected chi connectivity index (χ3v) is 5.54. The van der Waals surface area contributed by atoms with E-state index in [9.17, 15) is 4.79 Å². The van der Waals surface area contributed by atoms with Gasteiger partial charge in [-0.1, -0.05) is 12.1 Å². The Morgan fingerprint density at radius 1 is 1.27 bits per heavy atom. The fourth-order valence-corrected chi connectivity index (χ4v) is 3.79. The van der Waals surface area contributed by atoms with E-state index in [1.807, 2.05) is 28.9 Å². The molecule has 1 aromatic carbocycles. The van der Waals surface area contributed by atoms with E-state index < -0.39 is 0 Å². The van der Waals surface area contributed by atoms with Crippen molar-refractivity contribution in [2.45, 2.75) is 45.2 Å². The lowest BCUT2D eigenvalue weighted by Crippen LogP contribution is -2.27. The maximum absolute atomic E-state index is 13.5. The van der Waals surface area contributed by atoms with Crippen molar-refractivity contribution >= 4 is 16.9 Å². The summed E-state index contributed by atoms with van der Waals surface area (Å²) in [7, 11) is 5.02. The molecule has 0 unspecified atom stereocenters. The third kappa shape index (κ3) is 3.60. The van der Waals surface area contributed by atoms with Crippen molar-refractivity contribution in [2.75, 3.05) is 21.3 Å². The van der Waals surface area contributed by atoms with E-state index in [2.05, 4.69) is 18.9 Å². The number of hydrogen-bond donors (Lipinski definition) is 0. The molecule has 0 spiro atoms. The number of amides is 1. The van der Waals surface area contributed by atoms with Crippen LogP contribution in [0.4, 0.5) is 0 Å². The first-order chi connectivity index (χ1) is 14.4. The van der Waals surface area contributed by atoms with Gasteiger partial charge in [0.05, 0.1) is 31.4 Å². The van der Waals surface area contributed by atoms with Crippen molar-refractivity contribution in [2.24, 2.45) is 0 Å². The fourth-order valence-electron chi connectivity index (χ4n) is 3.79. The Bertz CT molecular complexity index is 1090. The Morgan fingerprint density at radius 2 is 2.03 bits per heavy atom. The standard InChI is InChI=1S/C23H28N4O3/c1-14(2)27-22-18(12-24-27)17(11-19(25-22)15-9-10-15)23(28)26(3)13-16-7-6-8-20(29-4)21(16)30-5/h6-8,11-12,14-15H,9-10,13H2,1-5H3. The molecule has 1 fully saturated rings. The van der Waals surface area contributed by atoms with Gasteiger partial charge in [-0.3, -0.25) is 4.79 Å². The second kappa shape index (κ2) is 7.97. The van der Waals surface area contributed by atoms with E-state index in [0.29, 0.717) is 29.5 Å². The Labute approximate surface area is 176 Å². The molecule has 0 radical (unpaired) electrons. The van der Waals surface area contributed by atoms with E-state index in [1.165, 1.54) is 0 Å². The monoisotopic (exact) mass is 408 g/mol. The molecule has 0 N–H and O–H groups in total. The number of pyridine rings is 1. The maximum Gasteiger partial charge on any atom is 0.254 e. The normalized spacial score (nSPS) is 13.7. The molecular weight excluding hydrogens is 380 g/mol. The molecule has 2 heterocycles. The van der Waals surface area contributed by atoms with Crippen LogP contribution in [-0.4, -0.2) is 46.8 Å². The van der Waals surface area contributed by atoms with Crippen LogP contribution >= 0.6 is 0 Å². The van der Waals surface area contributed by atoms with Gasteiger partial charge >= 0.3 is 0 Å². The van der Waals surface area contributed by atoms with Gasteiger partial charge in [0.25, 0.3) is 5.91 Å². The summed E-state index contributed by atoms with van der Waals surface area (Å²) in [4.78, 5) is 20.0. The molecule has 7 heteroatoms. The third-order valence-electron chi connectivity index (χ3n) is 5.54. The minimum atomic E-state index is -0.0579. The topological polar surface area (TPSA) is 69.5 Å². The number of rotatable bonds is 7. The number of hydrogen-bond acceptors (Lipinski definition) is 5. The Balaban J connectivity index is 1.71. The second-order valence-electron chi connectivity index (χ2n) is 8.10. The molecule has 1 saturated carbocycles. The fraction of sp³-hybridized carbons (Fsp3) is 0.435. The Hall–Kier alpha value is -3.09. The van der Waals surface area contributed by atoms with Gasteiger partial charge in [0.15, 0.2) is 17.1 Å². The molecule has 0 aliphatic heterocycles. The molecule has 2 aromatic heterocycles. The number of para-hydroxylation sites is 1. The van der Waals surface area contributed by atoms with Crippen LogP contribution < -0.4 is 9.47 Å². The zero-order valence-electron chi connectivity index (χ0n) is 18.2. The van der Waals surface area contributed by atoms with Gasteiger partial charge in [-0.25, -0.2) is 9.67 Å². The number of aromatic nitrogens is 3. The number of benzene rings is 1. The molecule has 158 valence electrons.